The second-order valence-electron chi connectivity index (χ2n) is 6.46. The number of nitrogens with two attached hydrogens (primary N) is 1. The summed E-state index contributed by atoms with van der Waals surface area (Å²) in [6.07, 6.45) is 1.35. The fourth-order valence-electron chi connectivity index (χ4n) is 3.29. The van der Waals surface area contributed by atoms with Gasteiger partial charge in [-0.25, -0.2) is 4.98 Å². The highest BCUT2D eigenvalue weighted by Crippen LogP contribution is 2.21. The van der Waals surface area contributed by atoms with Gasteiger partial charge in [0.15, 0.2) is 0 Å². The zero-order chi connectivity index (χ0) is 14.7. The minimum Gasteiger partial charge on any atom is -0.368 e. The van der Waals surface area contributed by atoms with E-state index in [1.807, 2.05) is 13.0 Å². The third-order valence-electron chi connectivity index (χ3n) is 3.74. The maximum atomic E-state index is 5.68. The van der Waals surface area contributed by atoms with Crippen molar-refractivity contribution in [3.63, 3.8) is 0 Å². The summed E-state index contributed by atoms with van der Waals surface area (Å²) in [4.78, 5) is 10.9. The van der Waals surface area contributed by atoms with Gasteiger partial charge in [-0.15, -0.1) is 0 Å². The number of hydrogen-bond acceptors (Lipinski definition) is 5. The molecule has 1 aliphatic rings. The predicted molar refractivity (Wildman–Crippen MR) is 83.7 cm³/mol. The SMILES string of the molecule is Cc1cc(NC(C)CN2CC(C)CC(C)C2)nc(N)n1. The van der Waals surface area contributed by atoms with Gasteiger partial charge < -0.3 is 16.0 Å². The van der Waals surface area contributed by atoms with Crippen LogP contribution >= 0.6 is 0 Å². The Labute approximate surface area is 122 Å². The Bertz CT molecular complexity index is 418. The van der Waals surface area contributed by atoms with Crippen LogP contribution in [0, 0.1) is 18.8 Å². The van der Waals surface area contributed by atoms with E-state index in [0.29, 0.717) is 12.0 Å². The minimum absolute atomic E-state index is 0.333. The van der Waals surface area contributed by atoms with Gasteiger partial charge in [0, 0.05) is 37.4 Å². The molecule has 0 amide bonds. The van der Waals surface area contributed by atoms with Crippen LogP contribution in [0.5, 0.6) is 0 Å². The summed E-state index contributed by atoms with van der Waals surface area (Å²) >= 11 is 0. The zero-order valence-corrected chi connectivity index (χ0v) is 13.1. The molecule has 3 unspecified atom stereocenters. The largest absolute Gasteiger partial charge is 0.368 e. The number of aromatic nitrogens is 2. The summed E-state index contributed by atoms with van der Waals surface area (Å²) in [5, 5.41) is 3.43. The topological polar surface area (TPSA) is 67.1 Å². The molecule has 0 spiro atoms. The second-order valence-corrected chi connectivity index (χ2v) is 6.46. The van der Waals surface area contributed by atoms with Crippen LogP contribution in [0.1, 0.15) is 32.9 Å². The normalized spacial score (nSPS) is 25.4. The maximum absolute atomic E-state index is 5.68. The number of nitrogen functional groups attached to an aromatic ring is 1. The van der Waals surface area contributed by atoms with Crippen LogP contribution in [0.4, 0.5) is 11.8 Å². The van der Waals surface area contributed by atoms with Gasteiger partial charge in [-0.3, -0.25) is 0 Å². The molecule has 5 nitrogen and oxygen atoms in total. The van der Waals surface area contributed by atoms with E-state index in [2.05, 4.69) is 41.0 Å². The van der Waals surface area contributed by atoms with Gasteiger partial charge in [0.05, 0.1) is 0 Å². The Morgan fingerprint density at radius 1 is 1.35 bits per heavy atom. The molecule has 0 aliphatic carbocycles. The van der Waals surface area contributed by atoms with Crippen molar-refractivity contribution in [1.29, 1.82) is 0 Å². The van der Waals surface area contributed by atoms with Crippen molar-refractivity contribution in [1.82, 2.24) is 14.9 Å². The summed E-state index contributed by atoms with van der Waals surface area (Å²) in [5.74, 6) is 2.74. The number of aryl methyl sites for hydroxylation is 1. The van der Waals surface area contributed by atoms with Gasteiger partial charge in [0.2, 0.25) is 5.95 Å². The van der Waals surface area contributed by atoms with Gasteiger partial charge in [0.1, 0.15) is 5.82 Å². The third-order valence-corrected chi connectivity index (χ3v) is 3.74. The highest BCUT2D eigenvalue weighted by Gasteiger charge is 2.22. The lowest BCUT2D eigenvalue weighted by Gasteiger charge is -2.36. The Morgan fingerprint density at radius 3 is 2.60 bits per heavy atom. The van der Waals surface area contributed by atoms with Crippen LogP contribution in [-0.2, 0) is 0 Å². The second kappa shape index (κ2) is 6.39. The van der Waals surface area contributed by atoms with E-state index in [9.17, 15) is 0 Å². The lowest BCUT2D eigenvalue weighted by Crippen LogP contribution is -2.43. The molecule has 5 heteroatoms. The van der Waals surface area contributed by atoms with Crippen molar-refractivity contribution in [3.8, 4) is 0 Å². The molecule has 0 bridgehead atoms. The molecule has 1 saturated heterocycles. The van der Waals surface area contributed by atoms with E-state index >= 15 is 0 Å². The van der Waals surface area contributed by atoms with E-state index < -0.39 is 0 Å². The van der Waals surface area contributed by atoms with E-state index in [1.165, 1.54) is 19.5 Å². The summed E-state index contributed by atoms with van der Waals surface area (Å²) in [6.45, 7) is 12.2. The van der Waals surface area contributed by atoms with Crippen LogP contribution in [0.25, 0.3) is 0 Å². The first-order valence-electron chi connectivity index (χ1n) is 7.52. The Morgan fingerprint density at radius 2 is 2.00 bits per heavy atom. The summed E-state index contributed by atoms with van der Waals surface area (Å²) in [5.41, 5.74) is 6.58. The van der Waals surface area contributed by atoms with Gasteiger partial charge in [-0.05, 0) is 32.1 Å². The summed E-state index contributed by atoms with van der Waals surface area (Å²) < 4.78 is 0. The first-order valence-corrected chi connectivity index (χ1v) is 7.52. The van der Waals surface area contributed by atoms with Gasteiger partial charge >= 0.3 is 0 Å². The van der Waals surface area contributed by atoms with E-state index in [1.54, 1.807) is 0 Å². The smallest absolute Gasteiger partial charge is 0.222 e. The van der Waals surface area contributed by atoms with Gasteiger partial charge in [-0.2, -0.15) is 4.98 Å². The first-order chi connectivity index (χ1) is 9.42. The molecule has 1 fully saturated rings. The third kappa shape index (κ3) is 4.34. The molecule has 2 rings (SSSR count). The van der Waals surface area contributed by atoms with Crippen LogP contribution in [0.2, 0.25) is 0 Å². The summed E-state index contributed by atoms with van der Waals surface area (Å²) in [6, 6.07) is 2.29. The van der Waals surface area contributed by atoms with Crippen LogP contribution in [0.15, 0.2) is 6.07 Å². The van der Waals surface area contributed by atoms with E-state index in [-0.39, 0.29) is 0 Å². The van der Waals surface area contributed by atoms with Crippen molar-refractivity contribution >= 4 is 11.8 Å². The molecule has 0 saturated carbocycles. The Kier molecular flexibility index (Phi) is 4.81. The highest BCUT2D eigenvalue weighted by molar-refractivity contribution is 5.40. The van der Waals surface area contributed by atoms with E-state index in [0.717, 1.165) is 29.9 Å². The highest BCUT2D eigenvalue weighted by atomic mass is 15.2. The number of piperidine rings is 1. The quantitative estimate of drug-likeness (QED) is 0.882. The number of anilines is 2. The molecule has 0 radical (unpaired) electrons. The monoisotopic (exact) mass is 277 g/mol. The number of hydrogen-bond donors (Lipinski definition) is 2. The van der Waals surface area contributed by atoms with E-state index in [4.69, 9.17) is 5.73 Å². The average Bonchev–Trinajstić information content (AvgIpc) is 2.24. The Hall–Kier alpha value is -1.36. The van der Waals surface area contributed by atoms with Gasteiger partial charge in [-0.1, -0.05) is 13.8 Å². The number of likely N-dealkylation sites (tertiary alicyclic amines) is 1. The van der Waals surface area contributed by atoms with Gasteiger partial charge in [0.25, 0.3) is 0 Å². The molecule has 20 heavy (non-hydrogen) atoms. The van der Waals surface area contributed by atoms with Crippen molar-refractivity contribution in [2.24, 2.45) is 11.8 Å². The molecule has 0 aromatic carbocycles. The predicted octanol–water partition coefficient (Wildman–Crippen LogP) is 2.15. The number of nitrogens with one attached hydrogen (secondary N) is 1. The summed E-state index contributed by atoms with van der Waals surface area (Å²) in [7, 11) is 0. The van der Waals surface area contributed by atoms with Crippen LogP contribution in [0.3, 0.4) is 0 Å². The first kappa shape index (κ1) is 15.0. The number of rotatable bonds is 4. The van der Waals surface area contributed by atoms with Crippen molar-refractivity contribution in [2.45, 2.75) is 40.2 Å². The molecule has 1 aromatic rings. The molecular formula is C15H27N5. The molecule has 1 aromatic heterocycles. The molecule has 1 aliphatic heterocycles. The number of nitrogens with zero attached hydrogens (tertiary/aromatic N) is 3. The zero-order valence-electron chi connectivity index (χ0n) is 13.1. The van der Waals surface area contributed by atoms with Crippen molar-refractivity contribution < 1.29 is 0 Å². The van der Waals surface area contributed by atoms with Crippen LogP contribution in [-0.4, -0.2) is 40.5 Å². The maximum Gasteiger partial charge on any atom is 0.222 e. The minimum atomic E-state index is 0.333. The molecule has 2 heterocycles. The molecular weight excluding hydrogens is 250 g/mol. The fourth-order valence-corrected chi connectivity index (χ4v) is 3.29. The molecule has 112 valence electrons. The fraction of sp³-hybridized carbons (Fsp3) is 0.733. The van der Waals surface area contributed by atoms with Crippen molar-refractivity contribution in [2.75, 3.05) is 30.7 Å². The lowest BCUT2D eigenvalue weighted by atomic mass is 9.92. The Balaban J connectivity index is 1.90. The lowest BCUT2D eigenvalue weighted by molar-refractivity contribution is 0.138. The van der Waals surface area contributed by atoms with Crippen molar-refractivity contribution in [3.05, 3.63) is 11.8 Å². The van der Waals surface area contributed by atoms with Crippen LogP contribution < -0.4 is 11.1 Å². The molecule has 3 atom stereocenters. The molecule has 3 N–H and O–H groups in total. The standard InChI is InChI=1S/C15H27N5/c1-10-5-11(2)8-20(7-10)9-13(4)17-14-6-12(3)18-15(16)19-14/h6,10-11,13H,5,7-9H2,1-4H3,(H3,16,17,18,19). The average molecular weight is 277 g/mol.